The van der Waals surface area contributed by atoms with Gasteiger partial charge < -0.3 is 14.8 Å². The molecular formula is C16H16N3O5P. The second-order valence-corrected chi connectivity index (χ2v) is 7.53. The first kappa shape index (κ1) is 17.3. The molecule has 8 nitrogen and oxygen atoms in total. The highest BCUT2D eigenvalue weighted by atomic mass is 31.2. The minimum atomic E-state index is -4.03. The maximum absolute atomic E-state index is 12.2. The summed E-state index contributed by atoms with van der Waals surface area (Å²) in [6.45, 7) is 0. The molecule has 9 heteroatoms. The van der Waals surface area contributed by atoms with Gasteiger partial charge in [0.15, 0.2) is 0 Å². The van der Waals surface area contributed by atoms with Crippen LogP contribution in [-0.4, -0.2) is 30.7 Å². The highest BCUT2D eigenvalue weighted by Gasteiger charge is 2.13. The van der Waals surface area contributed by atoms with Gasteiger partial charge in [-0.25, -0.2) is 4.68 Å². The van der Waals surface area contributed by atoms with Crippen molar-refractivity contribution in [2.45, 2.75) is 6.42 Å². The van der Waals surface area contributed by atoms with Gasteiger partial charge in [0, 0.05) is 18.1 Å². The van der Waals surface area contributed by atoms with Crippen LogP contribution in [0, 0.1) is 0 Å². The van der Waals surface area contributed by atoms with E-state index in [1.807, 2.05) is 0 Å². The van der Waals surface area contributed by atoms with E-state index in [0.29, 0.717) is 11.1 Å². The van der Waals surface area contributed by atoms with Crippen LogP contribution in [0.25, 0.3) is 22.0 Å². The Morgan fingerprint density at radius 3 is 2.52 bits per heavy atom. The van der Waals surface area contributed by atoms with Crippen molar-refractivity contribution in [2.24, 2.45) is 7.05 Å². The average molecular weight is 361 g/mol. The van der Waals surface area contributed by atoms with Gasteiger partial charge in [0.2, 0.25) is 0 Å². The van der Waals surface area contributed by atoms with Crippen molar-refractivity contribution in [1.82, 2.24) is 14.8 Å². The van der Waals surface area contributed by atoms with E-state index < -0.39 is 18.7 Å². The van der Waals surface area contributed by atoms with Crippen LogP contribution in [0.2, 0.25) is 0 Å². The van der Waals surface area contributed by atoms with E-state index in [0.717, 1.165) is 15.8 Å². The van der Waals surface area contributed by atoms with Crippen molar-refractivity contribution >= 4 is 18.4 Å². The molecule has 130 valence electrons. The lowest BCUT2D eigenvalue weighted by Gasteiger charge is -2.07. The smallest absolute Gasteiger partial charge is 0.324 e. The molecule has 25 heavy (non-hydrogen) atoms. The zero-order chi connectivity index (χ0) is 18.2. The number of aromatic amines is 1. The summed E-state index contributed by atoms with van der Waals surface area (Å²) >= 11 is 0. The largest absolute Gasteiger partial charge is 0.325 e. The molecule has 3 aromatic rings. The quantitative estimate of drug-likeness (QED) is 0.596. The Hall–Kier alpha value is -2.54. The summed E-state index contributed by atoms with van der Waals surface area (Å²) < 4.78 is 12.0. The Morgan fingerprint density at radius 2 is 1.88 bits per heavy atom. The lowest BCUT2D eigenvalue weighted by Crippen LogP contribution is -2.25. The van der Waals surface area contributed by atoms with Crippen molar-refractivity contribution in [2.75, 3.05) is 6.16 Å². The number of nitrogens with zero attached hydrogens (tertiary/aromatic N) is 2. The van der Waals surface area contributed by atoms with Gasteiger partial charge in [0.05, 0.1) is 12.4 Å². The fraction of sp³-hybridized carbons (Fsp3) is 0.188. The first-order valence-electron chi connectivity index (χ1n) is 7.48. The normalized spacial score (nSPS) is 11.8. The number of fused-ring (bicyclic) bond motifs is 1. The molecular weight excluding hydrogens is 345 g/mol. The SMILES string of the molecule is Cn1ncc2cc(-c3ccc(CCP(=O)(O)O)cc3)[nH]c(=O)c2c1=O. The molecule has 0 saturated heterocycles. The third-order valence-corrected chi connectivity index (χ3v) is 4.70. The van der Waals surface area contributed by atoms with E-state index in [1.165, 1.54) is 13.2 Å². The molecule has 0 aliphatic rings. The molecule has 0 aliphatic carbocycles. The Labute approximate surface area is 141 Å². The maximum atomic E-state index is 12.2. The highest BCUT2D eigenvalue weighted by molar-refractivity contribution is 7.51. The minimum absolute atomic E-state index is 0.0551. The topological polar surface area (TPSA) is 125 Å². The second kappa shape index (κ2) is 6.40. The molecule has 0 amide bonds. The molecule has 0 unspecified atom stereocenters. The van der Waals surface area contributed by atoms with Crippen LogP contribution in [0.5, 0.6) is 0 Å². The third kappa shape index (κ3) is 3.76. The van der Waals surface area contributed by atoms with E-state index in [9.17, 15) is 14.2 Å². The fourth-order valence-corrected chi connectivity index (χ4v) is 3.10. The van der Waals surface area contributed by atoms with Gasteiger partial charge in [-0.15, -0.1) is 0 Å². The molecule has 0 aliphatic heterocycles. The fourth-order valence-electron chi connectivity index (χ4n) is 2.55. The molecule has 0 spiro atoms. The minimum Gasteiger partial charge on any atom is -0.324 e. The molecule has 0 fully saturated rings. The first-order chi connectivity index (χ1) is 11.7. The zero-order valence-corrected chi connectivity index (χ0v) is 14.2. The van der Waals surface area contributed by atoms with Gasteiger partial charge in [0.25, 0.3) is 11.1 Å². The van der Waals surface area contributed by atoms with Crippen LogP contribution in [0.15, 0.2) is 46.1 Å². The Morgan fingerprint density at radius 1 is 1.20 bits per heavy atom. The summed E-state index contributed by atoms with van der Waals surface area (Å²) in [6, 6.07) is 8.67. The molecule has 0 bridgehead atoms. The van der Waals surface area contributed by atoms with E-state index >= 15 is 0 Å². The van der Waals surface area contributed by atoms with E-state index in [2.05, 4.69) is 10.1 Å². The van der Waals surface area contributed by atoms with Crippen LogP contribution in [-0.2, 0) is 18.0 Å². The van der Waals surface area contributed by atoms with Crippen LogP contribution >= 0.6 is 7.60 Å². The van der Waals surface area contributed by atoms with E-state index in [-0.39, 0.29) is 18.0 Å². The first-order valence-corrected chi connectivity index (χ1v) is 9.27. The van der Waals surface area contributed by atoms with Gasteiger partial charge in [-0.1, -0.05) is 24.3 Å². The number of hydrogen-bond acceptors (Lipinski definition) is 4. The predicted molar refractivity (Wildman–Crippen MR) is 93.7 cm³/mol. The van der Waals surface area contributed by atoms with Crippen molar-refractivity contribution in [3.05, 3.63) is 62.8 Å². The van der Waals surface area contributed by atoms with Gasteiger partial charge >= 0.3 is 7.60 Å². The summed E-state index contributed by atoms with van der Waals surface area (Å²) in [7, 11) is -2.55. The highest BCUT2D eigenvalue weighted by Crippen LogP contribution is 2.35. The molecule has 0 saturated carbocycles. The molecule has 0 radical (unpaired) electrons. The maximum Gasteiger partial charge on any atom is 0.325 e. The number of aromatic nitrogens is 3. The number of hydrogen-bond donors (Lipinski definition) is 3. The number of H-pyrrole nitrogens is 1. The summed E-state index contributed by atoms with van der Waals surface area (Å²) in [6.07, 6.45) is 1.51. The van der Waals surface area contributed by atoms with E-state index in [4.69, 9.17) is 9.79 Å². The molecule has 0 atom stereocenters. The second-order valence-electron chi connectivity index (χ2n) is 5.75. The third-order valence-electron chi connectivity index (χ3n) is 3.90. The summed E-state index contributed by atoms with van der Waals surface area (Å²) in [4.78, 5) is 44.8. The van der Waals surface area contributed by atoms with Crippen molar-refractivity contribution in [1.29, 1.82) is 0 Å². The van der Waals surface area contributed by atoms with Crippen molar-refractivity contribution in [3.63, 3.8) is 0 Å². The number of nitrogens with one attached hydrogen (secondary N) is 1. The standard InChI is InChI=1S/C16H16N3O5P/c1-19-16(21)14-12(9-17-19)8-13(18-15(14)20)11-4-2-10(3-5-11)6-7-25(22,23)24/h2-5,8-9H,6-7H2,1H3,(H,18,20)(H2,22,23,24). The summed E-state index contributed by atoms with van der Waals surface area (Å²) in [5, 5.41) is 4.43. The van der Waals surface area contributed by atoms with Crippen LogP contribution < -0.4 is 11.1 Å². The Bertz CT molecular complexity index is 1100. The van der Waals surface area contributed by atoms with Crippen molar-refractivity contribution in [3.8, 4) is 11.3 Å². The number of benzene rings is 1. The van der Waals surface area contributed by atoms with Gasteiger partial charge in [-0.3, -0.25) is 14.2 Å². The Kier molecular flexibility index (Phi) is 4.43. The number of aryl methyl sites for hydroxylation is 2. The predicted octanol–water partition coefficient (Wildman–Crippen LogP) is 1.01. The molecule has 2 aromatic heterocycles. The van der Waals surface area contributed by atoms with Crippen LogP contribution in [0.4, 0.5) is 0 Å². The number of rotatable bonds is 4. The van der Waals surface area contributed by atoms with Crippen LogP contribution in [0.1, 0.15) is 5.56 Å². The summed E-state index contributed by atoms with van der Waals surface area (Å²) in [5.74, 6) is 0. The number of pyridine rings is 1. The monoisotopic (exact) mass is 361 g/mol. The average Bonchev–Trinajstić information content (AvgIpc) is 2.56. The van der Waals surface area contributed by atoms with E-state index in [1.54, 1.807) is 30.3 Å². The lowest BCUT2D eigenvalue weighted by atomic mass is 10.1. The molecule has 3 rings (SSSR count). The Balaban J connectivity index is 1.97. The van der Waals surface area contributed by atoms with Crippen molar-refractivity contribution < 1.29 is 14.4 Å². The van der Waals surface area contributed by atoms with Gasteiger partial charge in [0.1, 0.15) is 5.39 Å². The molecule has 3 N–H and O–H groups in total. The van der Waals surface area contributed by atoms with Crippen LogP contribution in [0.3, 0.4) is 0 Å². The lowest BCUT2D eigenvalue weighted by molar-refractivity contribution is 0.373. The zero-order valence-electron chi connectivity index (χ0n) is 13.3. The van der Waals surface area contributed by atoms with Gasteiger partial charge in [-0.2, -0.15) is 5.10 Å². The summed E-state index contributed by atoms with van der Waals surface area (Å²) in [5.41, 5.74) is 1.10. The van der Waals surface area contributed by atoms with Gasteiger partial charge in [-0.05, 0) is 23.6 Å². The molecule has 2 heterocycles. The molecule has 1 aromatic carbocycles.